The molecule has 0 amide bonds. The van der Waals surface area contributed by atoms with E-state index in [9.17, 15) is 8.42 Å². The predicted molar refractivity (Wildman–Crippen MR) is 114 cm³/mol. The van der Waals surface area contributed by atoms with E-state index in [4.69, 9.17) is 0 Å². The molecule has 1 N–H and O–H groups in total. The number of nitrogens with zero attached hydrogens (tertiary/aromatic N) is 3. The van der Waals surface area contributed by atoms with Crippen LogP contribution in [0.2, 0.25) is 0 Å². The van der Waals surface area contributed by atoms with Crippen molar-refractivity contribution in [3.8, 4) is 0 Å². The Kier molecular flexibility index (Phi) is 6.27. The quantitative estimate of drug-likeness (QED) is 0.596. The Labute approximate surface area is 173 Å². The van der Waals surface area contributed by atoms with Gasteiger partial charge in [-0.2, -0.15) is 4.31 Å². The van der Waals surface area contributed by atoms with E-state index in [1.54, 1.807) is 10.4 Å². The van der Waals surface area contributed by atoms with Gasteiger partial charge in [0.15, 0.2) is 5.96 Å². The van der Waals surface area contributed by atoms with E-state index in [0.29, 0.717) is 23.8 Å². The van der Waals surface area contributed by atoms with Crippen LogP contribution >= 0.6 is 11.3 Å². The minimum Gasteiger partial charge on any atom is -0.351 e. The normalized spacial score (nSPS) is 27.0. The molecule has 2 aliphatic heterocycles. The van der Waals surface area contributed by atoms with Crippen LogP contribution in [0.4, 0.5) is 0 Å². The summed E-state index contributed by atoms with van der Waals surface area (Å²) in [7, 11) is -1.49. The summed E-state index contributed by atoms with van der Waals surface area (Å²) in [6, 6.07) is 3.70. The van der Waals surface area contributed by atoms with Gasteiger partial charge in [0.2, 0.25) is 0 Å². The van der Waals surface area contributed by atoms with Crippen molar-refractivity contribution in [1.82, 2.24) is 14.5 Å². The zero-order chi connectivity index (χ0) is 19.6. The number of fused-ring (bicyclic) bond motifs is 1. The van der Waals surface area contributed by atoms with Gasteiger partial charge in [0.05, 0.1) is 6.54 Å². The van der Waals surface area contributed by atoms with Crippen molar-refractivity contribution in [3.63, 3.8) is 0 Å². The van der Waals surface area contributed by atoms with Crippen LogP contribution in [-0.2, 0) is 16.6 Å². The molecule has 1 aromatic heterocycles. The number of thiophene rings is 1. The first-order valence-electron chi connectivity index (χ1n) is 10.6. The fourth-order valence-electron chi connectivity index (χ4n) is 4.90. The first-order chi connectivity index (χ1) is 13.6. The van der Waals surface area contributed by atoms with Crippen LogP contribution in [0.5, 0.6) is 0 Å². The van der Waals surface area contributed by atoms with Gasteiger partial charge in [-0.3, -0.25) is 4.99 Å². The number of aliphatic imine (C=N–C) groups is 1. The summed E-state index contributed by atoms with van der Waals surface area (Å²) >= 11 is 1.38. The SMILES string of the molecule is CN=C(NCc1ccc(S(=O)(=O)N2CCCCC2)s1)N1CC2CCCCC2C1. The molecular formula is C20H32N4O2S2. The largest absolute Gasteiger partial charge is 0.351 e. The molecule has 28 heavy (non-hydrogen) atoms. The Morgan fingerprint density at radius 2 is 1.79 bits per heavy atom. The highest BCUT2D eigenvalue weighted by molar-refractivity contribution is 7.91. The highest BCUT2D eigenvalue weighted by Crippen LogP contribution is 2.36. The molecule has 2 saturated heterocycles. The van der Waals surface area contributed by atoms with E-state index in [0.717, 1.165) is 55.0 Å². The van der Waals surface area contributed by atoms with Crippen LogP contribution in [0.3, 0.4) is 0 Å². The van der Waals surface area contributed by atoms with Crippen LogP contribution in [-0.4, -0.2) is 56.8 Å². The Bertz CT molecular complexity index is 785. The number of piperidine rings is 1. The molecule has 0 aromatic carbocycles. The number of nitrogens with one attached hydrogen (secondary N) is 1. The Morgan fingerprint density at radius 3 is 2.43 bits per heavy atom. The van der Waals surface area contributed by atoms with Crippen LogP contribution < -0.4 is 5.32 Å². The van der Waals surface area contributed by atoms with Crippen molar-refractivity contribution < 1.29 is 8.42 Å². The maximum absolute atomic E-state index is 12.8. The van der Waals surface area contributed by atoms with Crippen molar-refractivity contribution in [1.29, 1.82) is 0 Å². The molecule has 1 aromatic rings. The Morgan fingerprint density at radius 1 is 1.11 bits per heavy atom. The molecule has 0 bridgehead atoms. The molecule has 6 nitrogen and oxygen atoms in total. The third-order valence-corrected chi connectivity index (χ3v) is 9.91. The van der Waals surface area contributed by atoms with Gasteiger partial charge >= 0.3 is 0 Å². The van der Waals surface area contributed by atoms with Crippen molar-refractivity contribution in [2.24, 2.45) is 16.8 Å². The van der Waals surface area contributed by atoms with E-state index in [-0.39, 0.29) is 0 Å². The molecule has 2 atom stereocenters. The molecule has 3 heterocycles. The van der Waals surface area contributed by atoms with Gasteiger partial charge in [-0.1, -0.05) is 19.3 Å². The third-order valence-electron chi connectivity index (χ3n) is 6.45. The number of sulfonamides is 1. The van der Waals surface area contributed by atoms with Crippen molar-refractivity contribution in [3.05, 3.63) is 17.0 Å². The van der Waals surface area contributed by atoms with Gasteiger partial charge in [-0.05, 0) is 49.7 Å². The summed E-state index contributed by atoms with van der Waals surface area (Å²) < 4.78 is 27.8. The first kappa shape index (κ1) is 20.2. The zero-order valence-electron chi connectivity index (χ0n) is 16.8. The number of likely N-dealkylation sites (tertiary alicyclic amines) is 1. The monoisotopic (exact) mass is 424 g/mol. The minimum absolute atomic E-state index is 0.466. The Hall–Kier alpha value is -1.12. The number of hydrogen-bond donors (Lipinski definition) is 1. The van der Waals surface area contributed by atoms with Crippen LogP contribution in [0.25, 0.3) is 0 Å². The standard InChI is InChI=1S/C20H32N4O2S2/c1-21-20(23-14-16-7-3-4-8-17(16)15-23)22-13-18-9-10-19(27-18)28(25,26)24-11-5-2-6-12-24/h9-10,16-17H,2-8,11-15H2,1H3,(H,21,22). The maximum Gasteiger partial charge on any atom is 0.252 e. The second-order valence-electron chi connectivity index (χ2n) is 8.30. The first-order valence-corrected chi connectivity index (χ1v) is 12.9. The molecule has 4 rings (SSSR count). The average molecular weight is 425 g/mol. The molecule has 0 spiro atoms. The minimum atomic E-state index is -3.33. The average Bonchev–Trinajstić information content (AvgIpc) is 3.36. The smallest absolute Gasteiger partial charge is 0.252 e. The fraction of sp³-hybridized carbons (Fsp3) is 0.750. The number of rotatable bonds is 4. The Balaban J connectivity index is 1.36. The van der Waals surface area contributed by atoms with E-state index in [2.05, 4.69) is 15.2 Å². The summed E-state index contributed by atoms with van der Waals surface area (Å²) in [5.41, 5.74) is 0. The van der Waals surface area contributed by atoms with Gasteiger partial charge < -0.3 is 10.2 Å². The molecule has 8 heteroatoms. The lowest BCUT2D eigenvalue weighted by Gasteiger charge is -2.25. The van der Waals surface area contributed by atoms with Crippen LogP contribution in [0.15, 0.2) is 21.3 Å². The van der Waals surface area contributed by atoms with E-state index < -0.39 is 10.0 Å². The summed E-state index contributed by atoms with van der Waals surface area (Å²) in [5.74, 6) is 2.58. The van der Waals surface area contributed by atoms with Gasteiger partial charge in [0, 0.05) is 38.1 Å². The van der Waals surface area contributed by atoms with Crippen molar-refractivity contribution in [2.45, 2.75) is 55.7 Å². The van der Waals surface area contributed by atoms with Crippen LogP contribution in [0, 0.1) is 11.8 Å². The zero-order valence-corrected chi connectivity index (χ0v) is 18.4. The summed E-state index contributed by atoms with van der Waals surface area (Å²) in [6.45, 7) is 4.13. The highest BCUT2D eigenvalue weighted by atomic mass is 32.2. The maximum atomic E-state index is 12.8. The highest BCUT2D eigenvalue weighted by Gasteiger charge is 2.35. The molecular weight excluding hydrogens is 392 g/mol. The molecule has 2 unspecified atom stereocenters. The molecule has 156 valence electrons. The summed E-state index contributed by atoms with van der Waals surface area (Å²) in [6.07, 6.45) is 8.49. The summed E-state index contributed by atoms with van der Waals surface area (Å²) in [5, 5.41) is 3.46. The van der Waals surface area contributed by atoms with E-state index >= 15 is 0 Å². The molecule has 3 aliphatic rings. The predicted octanol–water partition coefficient (Wildman–Crippen LogP) is 3.12. The molecule has 3 fully saturated rings. The number of hydrogen-bond acceptors (Lipinski definition) is 4. The van der Waals surface area contributed by atoms with Gasteiger partial charge in [-0.15, -0.1) is 11.3 Å². The lowest BCUT2D eigenvalue weighted by molar-refractivity contribution is 0.299. The van der Waals surface area contributed by atoms with Crippen LogP contribution in [0.1, 0.15) is 49.8 Å². The lowest BCUT2D eigenvalue weighted by atomic mass is 9.82. The molecule has 1 saturated carbocycles. The van der Waals surface area contributed by atoms with E-state index in [1.807, 2.05) is 13.1 Å². The molecule has 1 aliphatic carbocycles. The lowest BCUT2D eigenvalue weighted by Crippen LogP contribution is -2.39. The van der Waals surface area contributed by atoms with Crippen molar-refractivity contribution in [2.75, 3.05) is 33.2 Å². The molecule has 0 radical (unpaired) electrons. The van der Waals surface area contributed by atoms with Gasteiger partial charge in [0.25, 0.3) is 10.0 Å². The topological polar surface area (TPSA) is 65.0 Å². The number of guanidine groups is 1. The second-order valence-corrected chi connectivity index (χ2v) is 11.6. The summed E-state index contributed by atoms with van der Waals surface area (Å²) in [4.78, 5) is 7.91. The van der Waals surface area contributed by atoms with Gasteiger partial charge in [-0.25, -0.2) is 8.42 Å². The van der Waals surface area contributed by atoms with E-state index in [1.165, 1.54) is 37.0 Å². The second kappa shape index (κ2) is 8.71. The fourth-order valence-corrected chi connectivity index (χ4v) is 7.87. The van der Waals surface area contributed by atoms with Crippen molar-refractivity contribution >= 4 is 27.3 Å². The third kappa shape index (κ3) is 4.24. The van der Waals surface area contributed by atoms with Gasteiger partial charge in [0.1, 0.15) is 4.21 Å².